The van der Waals surface area contributed by atoms with Gasteiger partial charge in [-0.05, 0) is 43.4 Å². The summed E-state index contributed by atoms with van der Waals surface area (Å²) in [5.74, 6) is 0.295. The second-order valence-corrected chi connectivity index (χ2v) is 6.22. The minimum atomic E-state index is 0.295. The number of ketones is 1. The van der Waals surface area contributed by atoms with Crippen LogP contribution in [0.4, 0.5) is 0 Å². The van der Waals surface area contributed by atoms with Crippen molar-refractivity contribution in [2.75, 3.05) is 0 Å². The number of aromatic nitrogens is 1. The summed E-state index contributed by atoms with van der Waals surface area (Å²) in [4.78, 5) is 12.1. The zero-order valence-corrected chi connectivity index (χ0v) is 11.7. The predicted octanol–water partition coefficient (Wildman–Crippen LogP) is 3.87. The molecule has 0 atom stereocenters. The molecule has 0 amide bonds. The van der Waals surface area contributed by atoms with E-state index in [0.717, 1.165) is 16.6 Å². The summed E-state index contributed by atoms with van der Waals surface area (Å²) in [5.41, 5.74) is 5.10. The number of halogens is 1. The van der Waals surface area contributed by atoms with Gasteiger partial charge in [0.25, 0.3) is 0 Å². The van der Waals surface area contributed by atoms with E-state index in [0.29, 0.717) is 12.2 Å². The molecule has 0 saturated carbocycles. The Morgan fingerprint density at radius 1 is 1.11 bits per heavy atom. The fraction of sp³-hybridized carbons (Fsp3) is 0.400. The fourth-order valence-corrected chi connectivity index (χ4v) is 4.00. The van der Waals surface area contributed by atoms with Gasteiger partial charge in [0.1, 0.15) is 0 Å². The summed E-state index contributed by atoms with van der Waals surface area (Å²) in [6, 6.07) is 4.18. The molecule has 0 N–H and O–H groups in total. The van der Waals surface area contributed by atoms with Crippen molar-refractivity contribution >= 4 is 32.6 Å². The maximum atomic E-state index is 12.1. The highest BCUT2D eigenvalue weighted by molar-refractivity contribution is 9.10. The highest BCUT2D eigenvalue weighted by Gasteiger charge is 2.27. The molecule has 0 saturated heterocycles. The van der Waals surface area contributed by atoms with Crippen LogP contribution < -0.4 is 0 Å². The number of aryl methyl sites for hydroxylation is 2. The van der Waals surface area contributed by atoms with Gasteiger partial charge < -0.3 is 4.57 Å². The van der Waals surface area contributed by atoms with Gasteiger partial charge in [-0.25, -0.2) is 0 Å². The molecule has 1 aromatic carbocycles. The van der Waals surface area contributed by atoms with E-state index < -0.39 is 0 Å². The molecule has 0 fully saturated rings. The quantitative estimate of drug-likeness (QED) is 0.724. The van der Waals surface area contributed by atoms with Crippen LogP contribution in [0.1, 0.15) is 40.9 Å². The largest absolute Gasteiger partial charge is 0.343 e. The number of hydrogen-bond donors (Lipinski definition) is 0. The summed E-state index contributed by atoms with van der Waals surface area (Å²) in [7, 11) is 0. The van der Waals surface area contributed by atoms with Crippen LogP contribution in [0.15, 0.2) is 16.6 Å². The molecule has 0 spiro atoms. The van der Waals surface area contributed by atoms with Crippen LogP contribution >= 0.6 is 15.9 Å². The molecule has 92 valence electrons. The lowest BCUT2D eigenvalue weighted by atomic mass is 9.95. The van der Waals surface area contributed by atoms with Gasteiger partial charge in [-0.1, -0.05) is 15.9 Å². The molecule has 2 aromatic rings. The lowest BCUT2D eigenvalue weighted by Crippen LogP contribution is -2.16. The zero-order chi connectivity index (χ0) is 12.3. The number of fused-ring (bicyclic) bond motifs is 3. The van der Waals surface area contributed by atoms with Crippen molar-refractivity contribution in [3.05, 3.63) is 33.4 Å². The number of hydrogen-bond acceptors (Lipinski definition) is 1. The highest BCUT2D eigenvalue weighted by atomic mass is 79.9. The Hall–Kier alpha value is -1.09. The van der Waals surface area contributed by atoms with Crippen molar-refractivity contribution in [1.29, 1.82) is 0 Å². The molecule has 1 aromatic heterocycles. The van der Waals surface area contributed by atoms with Gasteiger partial charge in [-0.2, -0.15) is 0 Å². The molecule has 1 aliphatic heterocycles. The van der Waals surface area contributed by atoms with Crippen LogP contribution in [0.25, 0.3) is 10.9 Å². The van der Waals surface area contributed by atoms with E-state index in [4.69, 9.17) is 0 Å². The Bertz CT molecular complexity index is 684. The SMILES string of the molecule is O=C1CCn2c3c(c4cc(Br)cc1c42)CCCC3. The predicted molar refractivity (Wildman–Crippen MR) is 75.2 cm³/mol. The molecule has 0 bridgehead atoms. The smallest absolute Gasteiger partial charge is 0.166 e. The van der Waals surface area contributed by atoms with Crippen LogP contribution in [0, 0.1) is 0 Å². The summed E-state index contributed by atoms with van der Waals surface area (Å²) < 4.78 is 3.44. The standard InChI is InChI=1S/C15H14BrNO/c16-9-7-11-10-3-1-2-4-13(10)17-6-5-14(18)12(8-9)15(11)17/h7-8H,1-6H2. The zero-order valence-electron chi connectivity index (χ0n) is 10.1. The van der Waals surface area contributed by atoms with E-state index >= 15 is 0 Å². The molecule has 2 aliphatic rings. The summed E-state index contributed by atoms with van der Waals surface area (Å²) in [6.07, 6.45) is 5.56. The Kier molecular flexibility index (Phi) is 2.22. The summed E-state index contributed by atoms with van der Waals surface area (Å²) in [6.45, 7) is 0.874. The molecular formula is C15H14BrNO. The van der Waals surface area contributed by atoms with Gasteiger partial charge in [0.05, 0.1) is 5.52 Å². The molecule has 4 rings (SSSR count). The van der Waals surface area contributed by atoms with Crippen molar-refractivity contribution < 1.29 is 4.79 Å². The molecule has 18 heavy (non-hydrogen) atoms. The molecule has 2 heterocycles. The van der Waals surface area contributed by atoms with Gasteiger partial charge in [0, 0.05) is 34.1 Å². The van der Waals surface area contributed by atoms with Gasteiger partial charge in [-0.3, -0.25) is 4.79 Å². The minimum Gasteiger partial charge on any atom is -0.343 e. The van der Waals surface area contributed by atoms with E-state index in [9.17, 15) is 4.79 Å². The fourth-order valence-electron chi connectivity index (χ4n) is 3.54. The second-order valence-electron chi connectivity index (χ2n) is 5.31. The second kappa shape index (κ2) is 3.70. The first-order valence-electron chi connectivity index (χ1n) is 6.62. The van der Waals surface area contributed by atoms with Gasteiger partial charge in [-0.15, -0.1) is 0 Å². The first-order valence-corrected chi connectivity index (χ1v) is 7.41. The van der Waals surface area contributed by atoms with E-state index in [1.165, 1.54) is 47.8 Å². The molecule has 2 nitrogen and oxygen atoms in total. The third kappa shape index (κ3) is 1.31. The molecule has 0 unspecified atom stereocenters. The lowest BCUT2D eigenvalue weighted by Gasteiger charge is -2.19. The lowest BCUT2D eigenvalue weighted by molar-refractivity contribution is 0.0973. The Morgan fingerprint density at radius 2 is 1.94 bits per heavy atom. The van der Waals surface area contributed by atoms with E-state index in [-0.39, 0.29) is 0 Å². The number of carbonyl (C=O) groups is 1. The van der Waals surface area contributed by atoms with Crippen LogP contribution in [0.2, 0.25) is 0 Å². The van der Waals surface area contributed by atoms with E-state index in [1.807, 2.05) is 6.07 Å². The monoisotopic (exact) mass is 303 g/mol. The summed E-state index contributed by atoms with van der Waals surface area (Å²) >= 11 is 3.55. The average molecular weight is 304 g/mol. The van der Waals surface area contributed by atoms with Crippen molar-refractivity contribution in [3.8, 4) is 0 Å². The Labute approximate surface area is 114 Å². The Morgan fingerprint density at radius 3 is 2.83 bits per heavy atom. The molecule has 3 heteroatoms. The van der Waals surface area contributed by atoms with Gasteiger partial charge in [0.15, 0.2) is 5.78 Å². The molecular weight excluding hydrogens is 290 g/mol. The van der Waals surface area contributed by atoms with Gasteiger partial charge >= 0.3 is 0 Å². The van der Waals surface area contributed by atoms with Crippen molar-refractivity contribution in [2.24, 2.45) is 0 Å². The maximum Gasteiger partial charge on any atom is 0.166 e. The number of rotatable bonds is 0. The van der Waals surface area contributed by atoms with Crippen LogP contribution in [0.3, 0.4) is 0 Å². The van der Waals surface area contributed by atoms with Crippen molar-refractivity contribution in [2.45, 2.75) is 38.6 Å². The minimum absolute atomic E-state index is 0.295. The number of benzene rings is 1. The molecule has 0 radical (unpaired) electrons. The van der Waals surface area contributed by atoms with Crippen LogP contribution in [0.5, 0.6) is 0 Å². The third-order valence-corrected chi connectivity index (χ3v) is 4.75. The third-order valence-electron chi connectivity index (χ3n) is 4.30. The van der Waals surface area contributed by atoms with E-state index in [1.54, 1.807) is 0 Å². The van der Waals surface area contributed by atoms with Crippen LogP contribution in [-0.4, -0.2) is 10.4 Å². The average Bonchev–Trinajstić information content (AvgIpc) is 2.69. The van der Waals surface area contributed by atoms with Crippen LogP contribution in [-0.2, 0) is 19.4 Å². The summed E-state index contributed by atoms with van der Waals surface area (Å²) in [5, 5.41) is 1.31. The number of carbonyl (C=O) groups excluding carboxylic acids is 1. The van der Waals surface area contributed by atoms with E-state index in [2.05, 4.69) is 26.6 Å². The van der Waals surface area contributed by atoms with Crippen molar-refractivity contribution in [3.63, 3.8) is 0 Å². The molecule has 1 aliphatic carbocycles. The topological polar surface area (TPSA) is 22.0 Å². The highest BCUT2D eigenvalue weighted by Crippen LogP contribution is 2.38. The number of nitrogens with zero attached hydrogens (tertiary/aromatic N) is 1. The van der Waals surface area contributed by atoms with Crippen molar-refractivity contribution in [1.82, 2.24) is 4.57 Å². The van der Waals surface area contributed by atoms with Gasteiger partial charge in [0.2, 0.25) is 0 Å². The number of Topliss-reactive ketones (excluding diaryl/α,β-unsaturated/α-hetero) is 1. The normalized spacial score (nSPS) is 18.2. The maximum absolute atomic E-state index is 12.1. The first-order chi connectivity index (χ1) is 8.75. The Balaban J connectivity index is 2.18. The first kappa shape index (κ1) is 10.8.